The maximum absolute atomic E-state index is 13.0. The summed E-state index contributed by atoms with van der Waals surface area (Å²) >= 11 is 0. The highest BCUT2D eigenvalue weighted by atomic mass is 32.2. The van der Waals surface area contributed by atoms with Gasteiger partial charge < -0.3 is 15.4 Å². The Morgan fingerprint density at radius 2 is 1.57 bits per heavy atom. The summed E-state index contributed by atoms with van der Waals surface area (Å²) in [6.07, 6.45) is -0.248. The van der Waals surface area contributed by atoms with E-state index >= 15 is 0 Å². The third-order valence-corrected chi connectivity index (χ3v) is 6.62. The van der Waals surface area contributed by atoms with Crippen LogP contribution >= 0.6 is 0 Å². The number of amides is 1. The van der Waals surface area contributed by atoms with Crippen LogP contribution in [0.1, 0.15) is 47.8 Å². The number of carbonyl (C=O) groups excluding carboxylic acids is 2. The second kappa shape index (κ2) is 10.1. The first-order chi connectivity index (χ1) is 16.7. The van der Waals surface area contributed by atoms with Gasteiger partial charge in [0.05, 0.1) is 18.6 Å². The van der Waals surface area contributed by atoms with Crippen LogP contribution in [-0.2, 0) is 19.6 Å². The average Bonchev–Trinajstić information content (AvgIpc) is 3.09. The number of ether oxygens (including phenoxy) is 1. The Morgan fingerprint density at radius 1 is 0.914 bits per heavy atom. The highest BCUT2D eigenvalue weighted by Gasteiger charge is 2.28. The summed E-state index contributed by atoms with van der Waals surface area (Å²) in [7, 11) is -3.73. The number of esters is 1. The second-order valence-corrected chi connectivity index (χ2v) is 9.87. The maximum Gasteiger partial charge on any atom is 0.308 e. The molecule has 0 saturated heterocycles. The third kappa shape index (κ3) is 5.75. The molecule has 0 fully saturated rings. The van der Waals surface area contributed by atoms with E-state index in [0.717, 1.165) is 5.56 Å². The van der Waals surface area contributed by atoms with Gasteiger partial charge in [0.25, 0.3) is 15.9 Å². The number of nitrogens with one attached hydrogen (secondary N) is 2. The number of benzene rings is 3. The summed E-state index contributed by atoms with van der Waals surface area (Å²) in [5.41, 5.74) is 2.25. The number of hydrogen-bond acceptors (Lipinski definition) is 6. The molecule has 1 atom stereocenters. The summed E-state index contributed by atoms with van der Waals surface area (Å²) in [6.45, 7) is 3.55. The van der Waals surface area contributed by atoms with Crippen LogP contribution in [-0.4, -0.2) is 32.2 Å². The lowest BCUT2D eigenvalue weighted by molar-refractivity contribution is -0.147. The molecule has 4 rings (SSSR count). The van der Waals surface area contributed by atoms with E-state index in [9.17, 15) is 18.0 Å². The minimum Gasteiger partial charge on any atom is -0.463 e. The zero-order valence-corrected chi connectivity index (χ0v) is 20.1. The first kappa shape index (κ1) is 24.2. The number of amidine groups is 1. The van der Waals surface area contributed by atoms with Gasteiger partial charge >= 0.3 is 5.97 Å². The SMILES string of the molecule is CC(C)OC(=O)CC(NC(=O)c1ccc(NC2=NS(=O)(=O)c3ccccc32)cc1)c1ccccc1. The van der Waals surface area contributed by atoms with Crippen molar-refractivity contribution in [3.05, 3.63) is 95.6 Å². The fourth-order valence-corrected chi connectivity index (χ4v) is 4.87. The van der Waals surface area contributed by atoms with Gasteiger partial charge in [0.2, 0.25) is 0 Å². The van der Waals surface area contributed by atoms with Crippen molar-refractivity contribution in [3.8, 4) is 0 Å². The predicted molar refractivity (Wildman–Crippen MR) is 133 cm³/mol. The van der Waals surface area contributed by atoms with Gasteiger partial charge in [-0.2, -0.15) is 8.42 Å². The van der Waals surface area contributed by atoms with E-state index in [-0.39, 0.29) is 29.2 Å². The van der Waals surface area contributed by atoms with E-state index < -0.39 is 22.0 Å². The molecule has 0 radical (unpaired) electrons. The Balaban J connectivity index is 1.47. The van der Waals surface area contributed by atoms with E-state index in [1.807, 2.05) is 30.3 Å². The molecule has 1 aliphatic heterocycles. The van der Waals surface area contributed by atoms with Crippen LogP contribution in [0.15, 0.2) is 88.2 Å². The first-order valence-corrected chi connectivity index (χ1v) is 12.5. The van der Waals surface area contributed by atoms with Crippen molar-refractivity contribution in [2.24, 2.45) is 4.40 Å². The van der Waals surface area contributed by atoms with E-state index in [0.29, 0.717) is 16.8 Å². The Morgan fingerprint density at radius 3 is 2.26 bits per heavy atom. The van der Waals surface area contributed by atoms with Crippen molar-refractivity contribution in [1.29, 1.82) is 0 Å². The Labute approximate surface area is 204 Å². The van der Waals surface area contributed by atoms with Crippen LogP contribution in [0.3, 0.4) is 0 Å². The van der Waals surface area contributed by atoms with Crippen molar-refractivity contribution < 1.29 is 22.7 Å². The van der Waals surface area contributed by atoms with Crippen LogP contribution in [0, 0.1) is 0 Å². The quantitative estimate of drug-likeness (QED) is 0.482. The molecule has 3 aromatic carbocycles. The standard InChI is InChI=1S/C26H25N3O5S/c1-17(2)34-24(30)16-22(18-8-4-3-5-9-18)28-26(31)19-12-14-20(15-13-19)27-25-21-10-6-7-11-23(21)35(32,33)29-25/h3-15,17,22H,16H2,1-2H3,(H,27,29)(H,28,31). The molecule has 1 heterocycles. The zero-order chi connectivity index (χ0) is 25.0. The van der Waals surface area contributed by atoms with Gasteiger partial charge in [-0.05, 0) is 55.8 Å². The average molecular weight is 492 g/mol. The number of hydrogen-bond donors (Lipinski definition) is 2. The summed E-state index contributed by atoms with van der Waals surface area (Å²) in [5, 5.41) is 5.91. The number of sulfonamides is 1. The van der Waals surface area contributed by atoms with Crippen LogP contribution in [0.2, 0.25) is 0 Å². The molecule has 35 heavy (non-hydrogen) atoms. The minimum atomic E-state index is -3.73. The molecule has 0 bridgehead atoms. The lowest BCUT2D eigenvalue weighted by Gasteiger charge is -2.19. The van der Waals surface area contributed by atoms with Crippen LogP contribution in [0.5, 0.6) is 0 Å². The van der Waals surface area contributed by atoms with Gasteiger partial charge in [-0.25, -0.2) is 0 Å². The van der Waals surface area contributed by atoms with Gasteiger partial charge in [0.15, 0.2) is 5.84 Å². The van der Waals surface area contributed by atoms with Gasteiger partial charge in [0, 0.05) is 16.8 Å². The summed E-state index contributed by atoms with van der Waals surface area (Å²) in [5.74, 6) is -0.527. The lowest BCUT2D eigenvalue weighted by atomic mass is 10.0. The fourth-order valence-electron chi connectivity index (χ4n) is 3.69. The predicted octanol–water partition coefficient (Wildman–Crippen LogP) is 4.06. The zero-order valence-electron chi connectivity index (χ0n) is 19.3. The number of fused-ring (bicyclic) bond motifs is 1. The Hall–Kier alpha value is -3.98. The molecule has 1 aliphatic rings. The molecule has 1 amide bonds. The summed E-state index contributed by atoms with van der Waals surface area (Å²) in [6, 6.07) is 21.8. The monoisotopic (exact) mass is 491 g/mol. The summed E-state index contributed by atoms with van der Waals surface area (Å²) in [4.78, 5) is 25.4. The highest BCUT2D eigenvalue weighted by Crippen LogP contribution is 2.27. The number of anilines is 1. The molecule has 0 spiro atoms. The van der Waals surface area contributed by atoms with Crippen molar-refractivity contribution in [2.45, 2.75) is 37.3 Å². The molecule has 0 aromatic heterocycles. The molecular formula is C26H25N3O5S. The summed E-state index contributed by atoms with van der Waals surface area (Å²) < 4.78 is 33.5. The second-order valence-electron chi connectivity index (χ2n) is 8.29. The minimum absolute atomic E-state index is 0.00127. The van der Waals surface area contributed by atoms with Crippen LogP contribution in [0.25, 0.3) is 0 Å². The van der Waals surface area contributed by atoms with Gasteiger partial charge in [-0.3, -0.25) is 9.59 Å². The Bertz CT molecular complexity index is 1370. The fraction of sp³-hybridized carbons (Fsp3) is 0.192. The first-order valence-electron chi connectivity index (χ1n) is 11.1. The van der Waals surface area contributed by atoms with Gasteiger partial charge in [-0.15, -0.1) is 4.40 Å². The topological polar surface area (TPSA) is 114 Å². The molecule has 2 N–H and O–H groups in total. The van der Waals surface area contributed by atoms with Crippen molar-refractivity contribution in [1.82, 2.24) is 5.32 Å². The van der Waals surface area contributed by atoms with Crippen molar-refractivity contribution in [3.63, 3.8) is 0 Å². The van der Waals surface area contributed by atoms with Gasteiger partial charge in [0.1, 0.15) is 4.90 Å². The molecule has 3 aromatic rings. The molecule has 8 nitrogen and oxygen atoms in total. The third-order valence-electron chi connectivity index (χ3n) is 5.29. The van der Waals surface area contributed by atoms with Crippen molar-refractivity contribution in [2.75, 3.05) is 5.32 Å². The number of rotatable bonds is 7. The molecule has 180 valence electrons. The largest absolute Gasteiger partial charge is 0.463 e. The molecule has 1 unspecified atom stereocenters. The van der Waals surface area contributed by atoms with Crippen molar-refractivity contribution >= 4 is 33.4 Å². The lowest BCUT2D eigenvalue weighted by Crippen LogP contribution is -2.31. The van der Waals surface area contributed by atoms with E-state index in [1.165, 1.54) is 6.07 Å². The molecule has 9 heteroatoms. The highest BCUT2D eigenvalue weighted by molar-refractivity contribution is 7.90. The van der Waals surface area contributed by atoms with Gasteiger partial charge in [-0.1, -0.05) is 42.5 Å². The smallest absolute Gasteiger partial charge is 0.308 e. The van der Waals surface area contributed by atoms with Crippen LogP contribution < -0.4 is 10.6 Å². The number of nitrogens with zero attached hydrogens (tertiary/aromatic N) is 1. The molecular weight excluding hydrogens is 466 g/mol. The van der Waals surface area contributed by atoms with E-state index in [2.05, 4.69) is 15.0 Å². The Kier molecular flexibility index (Phi) is 6.97. The normalized spacial score (nSPS) is 14.5. The van der Waals surface area contributed by atoms with E-state index in [1.54, 1.807) is 56.3 Å². The number of carbonyl (C=O) groups is 2. The van der Waals surface area contributed by atoms with Crippen LogP contribution in [0.4, 0.5) is 5.69 Å². The van der Waals surface area contributed by atoms with E-state index in [4.69, 9.17) is 4.74 Å². The molecule has 0 saturated carbocycles. The maximum atomic E-state index is 13.0. The molecule has 0 aliphatic carbocycles.